The van der Waals surface area contributed by atoms with Gasteiger partial charge in [-0.25, -0.2) is 0 Å². The number of anilines is 1. The van der Waals surface area contributed by atoms with E-state index < -0.39 is 0 Å². The molecule has 1 aromatic heterocycles. The molecule has 1 N–H and O–H groups in total. The van der Waals surface area contributed by atoms with Crippen molar-refractivity contribution in [2.24, 2.45) is 5.41 Å². The molecule has 120 valence electrons. The van der Waals surface area contributed by atoms with Gasteiger partial charge in [0.15, 0.2) is 5.78 Å². The third kappa shape index (κ3) is 2.93. The summed E-state index contributed by atoms with van der Waals surface area (Å²) in [5, 5.41) is 2.81. The number of fused-ring (bicyclic) bond motifs is 1. The fourth-order valence-electron chi connectivity index (χ4n) is 3.44. The average Bonchev–Trinajstić information content (AvgIpc) is 2.74. The number of carbonyl (C=O) groups excluding carboxylic acids is 2. The number of aromatic nitrogens is 1. The maximum Gasteiger partial charge on any atom is 0.221 e. The number of amides is 1. The van der Waals surface area contributed by atoms with Gasteiger partial charge in [-0.15, -0.1) is 0 Å². The molecule has 4 nitrogen and oxygen atoms in total. The minimum atomic E-state index is -0.0934. The van der Waals surface area contributed by atoms with E-state index in [0.29, 0.717) is 6.42 Å². The van der Waals surface area contributed by atoms with Gasteiger partial charge in [-0.05, 0) is 42.5 Å². The van der Waals surface area contributed by atoms with Crippen LogP contribution in [0.5, 0.6) is 0 Å². The topological polar surface area (TPSA) is 51.1 Å². The Kier molecular flexibility index (Phi) is 3.63. The van der Waals surface area contributed by atoms with E-state index in [1.54, 1.807) is 0 Å². The number of Topliss-reactive ketones (excluding diaryl/α,β-unsaturated/α-hetero) is 1. The van der Waals surface area contributed by atoms with E-state index in [9.17, 15) is 9.59 Å². The van der Waals surface area contributed by atoms with Gasteiger partial charge in [0.1, 0.15) is 0 Å². The van der Waals surface area contributed by atoms with Crippen molar-refractivity contribution in [3.63, 3.8) is 0 Å². The number of aryl methyl sites for hydroxylation is 1. The van der Waals surface area contributed by atoms with Gasteiger partial charge in [-0.1, -0.05) is 19.9 Å². The van der Waals surface area contributed by atoms with Crippen LogP contribution in [0.15, 0.2) is 30.5 Å². The van der Waals surface area contributed by atoms with E-state index in [1.807, 2.05) is 37.4 Å². The summed E-state index contributed by atoms with van der Waals surface area (Å²) in [5.74, 6) is 0.134. The van der Waals surface area contributed by atoms with E-state index in [2.05, 4.69) is 23.7 Å². The van der Waals surface area contributed by atoms with Gasteiger partial charge >= 0.3 is 0 Å². The lowest BCUT2D eigenvalue weighted by Gasteiger charge is -2.30. The highest BCUT2D eigenvalue weighted by Gasteiger charge is 2.34. The van der Waals surface area contributed by atoms with Crippen LogP contribution < -0.4 is 5.32 Å². The van der Waals surface area contributed by atoms with Crippen LogP contribution >= 0.6 is 0 Å². The van der Waals surface area contributed by atoms with E-state index in [1.165, 1.54) is 6.92 Å². The second-order valence-electron chi connectivity index (χ2n) is 7.18. The highest BCUT2D eigenvalue weighted by molar-refractivity contribution is 6.00. The van der Waals surface area contributed by atoms with E-state index in [-0.39, 0.29) is 17.1 Å². The number of benzene rings is 1. The van der Waals surface area contributed by atoms with Gasteiger partial charge in [0, 0.05) is 42.2 Å². The third-order valence-electron chi connectivity index (χ3n) is 4.31. The molecule has 1 aliphatic carbocycles. The Labute approximate surface area is 136 Å². The van der Waals surface area contributed by atoms with Crippen LogP contribution in [-0.2, 0) is 11.2 Å². The quantitative estimate of drug-likeness (QED) is 0.914. The van der Waals surface area contributed by atoms with E-state index >= 15 is 0 Å². The number of ketones is 1. The molecule has 1 aliphatic rings. The van der Waals surface area contributed by atoms with Gasteiger partial charge in [0.2, 0.25) is 5.91 Å². The van der Waals surface area contributed by atoms with E-state index in [4.69, 9.17) is 0 Å². The summed E-state index contributed by atoms with van der Waals surface area (Å²) < 4.78 is 2.09. The van der Waals surface area contributed by atoms with Crippen molar-refractivity contribution < 1.29 is 9.59 Å². The molecule has 0 aliphatic heterocycles. The molecule has 0 bridgehead atoms. The minimum absolute atomic E-state index is 0.0259. The Morgan fingerprint density at radius 3 is 2.70 bits per heavy atom. The minimum Gasteiger partial charge on any atom is -0.326 e. The fourth-order valence-corrected chi connectivity index (χ4v) is 3.44. The molecule has 1 aromatic carbocycles. The molecule has 3 rings (SSSR count). The van der Waals surface area contributed by atoms with Gasteiger partial charge in [-0.3, -0.25) is 9.59 Å². The predicted octanol–water partition coefficient (Wildman–Crippen LogP) is 3.90. The molecule has 23 heavy (non-hydrogen) atoms. The van der Waals surface area contributed by atoms with Gasteiger partial charge in [0.05, 0.1) is 0 Å². The highest BCUT2D eigenvalue weighted by atomic mass is 16.1. The Balaban J connectivity index is 2.10. The summed E-state index contributed by atoms with van der Waals surface area (Å²) in [5.41, 5.74) is 4.66. The molecular weight excluding hydrogens is 288 g/mol. The van der Waals surface area contributed by atoms with Crippen molar-refractivity contribution >= 4 is 17.4 Å². The average molecular weight is 310 g/mol. The molecule has 4 heteroatoms. The summed E-state index contributed by atoms with van der Waals surface area (Å²) in [6.45, 7) is 7.75. The van der Waals surface area contributed by atoms with Crippen LogP contribution in [0.2, 0.25) is 0 Å². The summed E-state index contributed by atoms with van der Waals surface area (Å²) in [7, 11) is 0. The maximum absolute atomic E-state index is 12.5. The number of nitrogens with zero attached hydrogens (tertiary/aromatic N) is 1. The highest BCUT2D eigenvalue weighted by Crippen LogP contribution is 2.38. The Hall–Kier alpha value is -2.36. The molecular formula is C19H22N2O2. The van der Waals surface area contributed by atoms with Crippen molar-refractivity contribution in [1.29, 1.82) is 0 Å². The fraction of sp³-hybridized carbons (Fsp3) is 0.368. The second kappa shape index (κ2) is 5.37. The van der Waals surface area contributed by atoms with Crippen LogP contribution in [0.25, 0.3) is 5.69 Å². The van der Waals surface area contributed by atoms with Crippen molar-refractivity contribution in [1.82, 2.24) is 4.57 Å². The number of carbonyl (C=O) groups is 2. The maximum atomic E-state index is 12.5. The summed E-state index contributed by atoms with van der Waals surface area (Å²) in [6, 6.07) is 7.71. The predicted molar refractivity (Wildman–Crippen MR) is 91.2 cm³/mol. The normalized spacial score (nSPS) is 16.1. The first kappa shape index (κ1) is 15.5. The van der Waals surface area contributed by atoms with Gasteiger partial charge < -0.3 is 9.88 Å². The number of hydrogen-bond acceptors (Lipinski definition) is 2. The van der Waals surface area contributed by atoms with Crippen molar-refractivity contribution in [3.05, 3.63) is 47.3 Å². The number of rotatable bonds is 2. The van der Waals surface area contributed by atoms with Crippen LogP contribution in [0.1, 0.15) is 48.8 Å². The number of hydrogen-bond donors (Lipinski definition) is 1. The first-order valence-corrected chi connectivity index (χ1v) is 7.89. The van der Waals surface area contributed by atoms with Gasteiger partial charge in [0.25, 0.3) is 0 Å². The van der Waals surface area contributed by atoms with Crippen LogP contribution in [0.4, 0.5) is 5.69 Å². The molecule has 0 spiro atoms. The zero-order valence-corrected chi connectivity index (χ0v) is 14.1. The first-order valence-electron chi connectivity index (χ1n) is 7.89. The lowest BCUT2D eigenvalue weighted by atomic mass is 9.75. The molecule has 1 heterocycles. The third-order valence-corrected chi connectivity index (χ3v) is 4.31. The zero-order chi connectivity index (χ0) is 16.8. The molecule has 2 aromatic rings. The van der Waals surface area contributed by atoms with Crippen molar-refractivity contribution in [2.45, 2.75) is 40.5 Å². The standard InChI is InChI=1S/C19H22N2O2/c1-12-11-21(15-7-5-6-14(8-15)20-13(2)22)16-9-19(3,4)10-17(23)18(12)16/h5-8,11H,9-10H2,1-4H3,(H,20,22). The lowest BCUT2D eigenvalue weighted by molar-refractivity contribution is -0.114. The van der Waals surface area contributed by atoms with Crippen LogP contribution in [0.3, 0.4) is 0 Å². The smallest absolute Gasteiger partial charge is 0.221 e. The number of nitrogens with one attached hydrogen (secondary N) is 1. The summed E-state index contributed by atoms with van der Waals surface area (Å²) in [6.07, 6.45) is 3.49. The molecule has 1 amide bonds. The molecule has 0 saturated carbocycles. The van der Waals surface area contributed by atoms with Crippen LogP contribution in [0, 0.1) is 12.3 Å². The SMILES string of the molecule is CC(=O)Nc1cccc(-n2cc(C)c3c2CC(C)(C)CC3=O)c1. The molecule has 0 fully saturated rings. The Morgan fingerprint density at radius 2 is 2.00 bits per heavy atom. The monoisotopic (exact) mass is 310 g/mol. The zero-order valence-electron chi connectivity index (χ0n) is 14.1. The summed E-state index contributed by atoms with van der Waals surface area (Å²) in [4.78, 5) is 23.8. The van der Waals surface area contributed by atoms with Crippen LogP contribution in [-0.4, -0.2) is 16.3 Å². The van der Waals surface area contributed by atoms with Gasteiger partial charge in [-0.2, -0.15) is 0 Å². The Morgan fingerprint density at radius 1 is 1.26 bits per heavy atom. The van der Waals surface area contributed by atoms with Crippen molar-refractivity contribution in [3.8, 4) is 5.69 Å². The molecule has 0 unspecified atom stereocenters. The molecule has 0 saturated heterocycles. The molecule has 0 atom stereocenters. The largest absolute Gasteiger partial charge is 0.326 e. The lowest BCUT2D eigenvalue weighted by Crippen LogP contribution is -2.28. The Bertz CT molecular complexity index is 800. The first-order chi connectivity index (χ1) is 10.8. The summed E-state index contributed by atoms with van der Waals surface area (Å²) >= 11 is 0. The van der Waals surface area contributed by atoms with Crippen molar-refractivity contribution in [2.75, 3.05) is 5.32 Å². The second-order valence-corrected chi connectivity index (χ2v) is 7.18. The molecule has 0 radical (unpaired) electrons. The van der Waals surface area contributed by atoms with E-state index in [0.717, 1.165) is 34.6 Å².